The molecule has 0 bridgehead atoms. The summed E-state index contributed by atoms with van der Waals surface area (Å²) in [5.74, 6) is 0.430. The Kier molecular flexibility index (Phi) is 6.01. The van der Waals surface area contributed by atoms with E-state index in [9.17, 15) is 9.59 Å². The van der Waals surface area contributed by atoms with Crippen LogP contribution in [0.25, 0.3) is 0 Å². The van der Waals surface area contributed by atoms with Crippen molar-refractivity contribution < 1.29 is 19.1 Å². The van der Waals surface area contributed by atoms with Crippen LogP contribution in [0.15, 0.2) is 36.4 Å². The SMILES string of the molecule is CCOC(=O)COc1cccc(NC(=O)C[C@H]2C=CCC2)c1. The fourth-order valence-electron chi connectivity index (χ4n) is 2.32. The summed E-state index contributed by atoms with van der Waals surface area (Å²) in [6, 6.07) is 6.99. The number of nitrogens with one attached hydrogen (secondary N) is 1. The normalized spacial score (nSPS) is 16.3. The molecule has 0 fully saturated rings. The summed E-state index contributed by atoms with van der Waals surface area (Å²) in [5, 5.41) is 2.85. The van der Waals surface area contributed by atoms with Gasteiger partial charge in [-0.05, 0) is 37.8 Å². The molecule has 0 heterocycles. The maximum atomic E-state index is 12.0. The van der Waals surface area contributed by atoms with Crippen LogP contribution in [0.1, 0.15) is 26.2 Å². The summed E-state index contributed by atoms with van der Waals surface area (Å²) in [7, 11) is 0. The van der Waals surface area contributed by atoms with Gasteiger partial charge in [-0.1, -0.05) is 18.2 Å². The summed E-state index contributed by atoms with van der Waals surface area (Å²) in [6.45, 7) is 1.93. The number of anilines is 1. The predicted octanol–water partition coefficient (Wildman–Crippen LogP) is 2.92. The Morgan fingerprint density at radius 2 is 2.23 bits per heavy atom. The number of amides is 1. The van der Waals surface area contributed by atoms with Crippen molar-refractivity contribution in [2.24, 2.45) is 5.92 Å². The monoisotopic (exact) mass is 303 g/mol. The second kappa shape index (κ2) is 8.22. The van der Waals surface area contributed by atoms with Crippen molar-refractivity contribution in [1.82, 2.24) is 0 Å². The van der Waals surface area contributed by atoms with Crippen LogP contribution in [-0.4, -0.2) is 25.1 Å². The van der Waals surface area contributed by atoms with E-state index in [1.165, 1.54) is 0 Å². The zero-order valence-electron chi connectivity index (χ0n) is 12.7. The van der Waals surface area contributed by atoms with Gasteiger partial charge in [0.25, 0.3) is 0 Å². The van der Waals surface area contributed by atoms with Crippen LogP contribution in [-0.2, 0) is 14.3 Å². The maximum absolute atomic E-state index is 12.0. The number of hydrogen-bond donors (Lipinski definition) is 1. The first-order valence-corrected chi connectivity index (χ1v) is 7.52. The third-order valence-electron chi connectivity index (χ3n) is 3.34. The van der Waals surface area contributed by atoms with Gasteiger partial charge < -0.3 is 14.8 Å². The molecule has 22 heavy (non-hydrogen) atoms. The molecular weight excluding hydrogens is 282 g/mol. The zero-order chi connectivity index (χ0) is 15.8. The molecule has 0 saturated carbocycles. The average Bonchev–Trinajstić information content (AvgIpc) is 2.98. The Morgan fingerprint density at radius 1 is 1.36 bits per heavy atom. The van der Waals surface area contributed by atoms with Gasteiger partial charge in [0.05, 0.1) is 6.61 Å². The Bertz CT molecular complexity index is 553. The first-order valence-electron chi connectivity index (χ1n) is 7.52. The van der Waals surface area contributed by atoms with Crippen LogP contribution in [0.4, 0.5) is 5.69 Å². The lowest BCUT2D eigenvalue weighted by atomic mass is 10.1. The zero-order valence-corrected chi connectivity index (χ0v) is 12.7. The summed E-state index contributed by atoms with van der Waals surface area (Å²) >= 11 is 0. The molecule has 1 aliphatic rings. The molecule has 1 N–H and O–H groups in total. The van der Waals surface area contributed by atoms with E-state index in [0.717, 1.165) is 12.8 Å². The molecule has 0 spiro atoms. The van der Waals surface area contributed by atoms with E-state index < -0.39 is 5.97 Å². The molecule has 0 unspecified atom stereocenters. The number of benzene rings is 1. The molecule has 1 aromatic rings. The highest BCUT2D eigenvalue weighted by atomic mass is 16.6. The van der Waals surface area contributed by atoms with E-state index in [1.54, 1.807) is 31.2 Å². The smallest absolute Gasteiger partial charge is 0.344 e. The van der Waals surface area contributed by atoms with Gasteiger partial charge in [-0.25, -0.2) is 4.79 Å². The number of hydrogen-bond acceptors (Lipinski definition) is 4. The highest BCUT2D eigenvalue weighted by molar-refractivity contribution is 5.91. The molecule has 0 saturated heterocycles. The third-order valence-corrected chi connectivity index (χ3v) is 3.34. The van der Waals surface area contributed by atoms with Crippen LogP contribution in [0.3, 0.4) is 0 Å². The lowest BCUT2D eigenvalue weighted by Gasteiger charge is -2.10. The fourth-order valence-corrected chi connectivity index (χ4v) is 2.32. The Balaban J connectivity index is 1.83. The molecular formula is C17H21NO4. The number of allylic oxidation sites excluding steroid dienone is 2. The van der Waals surface area contributed by atoms with Crippen LogP contribution in [0.5, 0.6) is 5.75 Å². The van der Waals surface area contributed by atoms with Gasteiger partial charge in [-0.2, -0.15) is 0 Å². The summed E-state index contributed by atoms with van der Waals surface area (Å²) in [5.41, 5.74) is 0.660. The molecule has 0 radical (unpaired) electrons. The predicted molar refractivity (Wildman–Crippen MR) is 83.7 cm³/mol. The van der Waals surface area contributed by atoms with Crippen LogP contribution in [0.2, 0.25) is 0 Å². The second-order valence-corrected chi connectivity index (χ2v) is 5.14. The topological polar surface area (TPSA) is 64.6 Å². The van der Waals surface area contributed by atoms with Gasteiger partial charge in [0.1, 0.15) is 5.75 Å². The van der Waals surface area contributed by atoms with Crippen molar-refractivity contribution in [3.8, 4) is 5.75 Å². The summed E-state index contributed by atoms with van der Waals surface area (Å²) in [6.07, 6.45) is 6.79. The van der Waals surface area contributed by atoms with Crippen molar-refractivity contribution in [2.45, 2.75) is 26.2 Å². The Hall–Kier alpha value is -2.30. The van der Waals surface area contributed by atoms with Gasteiger partial charge >= 0.3 is 5.97 Å². The molecule has 1 amide bonds. The highest BCUT2D eigenvalue weighted by Gasteiger charge is 2.14. The maximum Gasteiger partial charge on any atom is 0.344 e. The van der Waals surface area contributed by atoms with E-state index in [0.29, 0.717) is 30.4 Å². The molecule has 0 aromatic heterocycles. The van der Waals surface area contributed by atoms with Gasteiger partial charge in [-0.3, -0.25) is 4.79 Å². The van der Waals surface area contributed by atoms with Crippen LogP contribution < -0.4 is 10.1 Å². The minimum atomic E-state index is -0.412. The van der Waals surface area contributed by atoms with Gasteiger partial charge in [0.15, 0.2) is 6.61 Å². The van der Waals surface area contributed by atoms with Gasteiger partial charge in [-0.15, -0.1) is 0 Å². The van der Waals surface area contributed by atoms with Gasteiger partial charge in [0.2, 0.25) is 5.91 Å². The largest absolute Gasteiger partial charge is 0.482 e. The molecule has 5 heteroatoms. The molecule has 0 aliphatic heterocycles. The molecule has 1 aliphatic carbocycles. The van der Waals surface area contributed by atoms with Crippen molar-refractivity contribution in [1.29, 1.82) is 0 Å². The van der Waals surface area contributed by atoms with E-state index >= 15 is 0 Å². The lowest BCUT2D eigenvalue weighted by molar-refractivity contribution is -0.145. The number of esters is 1. The van der Waals surface area contributed by atoms with Crippen LogP contribution in [0, 0.1) is 5.92 Å². The molecule has 5 nitrogen and oxygen atoms in total. The second-order valence-electron chi connectivity index (χ2n) is 5.14. The van der Waals surface area contributed by atoms with Crippen LogP contribution >= 0.6 is 0 Å². The minimum absolute atomic E-state index is 0.0147. The first kappa shape index (κ1) is 16.1. The van der Waals surface area contributed by atoms with Crippen molar-refractivity contribution in [2.75, 3.05) is 18.5 Å². The van der Waals surface area contributed by atoms with E-state index in [2.05, 4.69) is 17.5 Å². The van der Waals surface area contributed by atoms with Crippen molar-refractivity contribution in [3.63, 3.8) is 0 Å². The van der Waals surface area contributed by atoms with Crippen molar-refractivity contribution >= 4 is 17.6 Å². The Morgan fingerprint density at radius 3 is 2.95 bits per heavy atom. The standard InChI is InChI=1S/C17H21NO4/c1-2-21-17(20)12-22-15-9-5-8-14(11-15)18-16(19)10-13-6-3-4-7-13/h3,5-6,8-9,11,13H,2,4,7,10,12H2,1H3,(H,18,19)/t13-/m0/s1. The van der Waals surface area contributed by atoms with Gasteiger partial charge in [0, 0.05) is 18.2 Å². The quantitative estimate of drug-likeness (QED) is 0.621. The molecule has 2 rings (SSSR count). The summed E-state index contributed by atoms with van der Waals surface area (Å²) in [4.78, 5) is 23.2. The van der Waals surface area contributed by atoms with E-state index in [4.69, 9.17) is 9.47 Å². The number of ether oxygens (including phenoxy) is 2. The van der Waals surface area contributed by atoms with E-state index in [-0.39, 0.29) is 12.5 Å². The third kappa shape index (κ3) is 5.24. The average molecular weight is 303 g/mol. The lowest BCUT2D eigenvalue weighted by Crippen LogP contribution is -2.16. The number of rotatable bonds is 7. The van der Waals surface area contributed by atoms with E-state index in [1.807, 2.05) is 0 Å². The fraction of sp³-hybridized carbons (Fsp3) is 0.412. The molecule has 1 atom stereocenters. The number of carbonyl (C=O) groups excluding carboxylic acids is 2. The number of carbonyl (C=O) groups is 2. The highest BCUT2D eigenvalue weighted by Crippen LogP contribution is 2.22. The Labute approximate surface area is 130 Å². The minimum Gasteiger partial charge on any atom is -0.482 e. The first-order chi connectivity index (χ1) is 10.7. The summed E-state index contributed by atoms with van der Waals surface area (Å²) < 4.78 is 10.1. The molecule has 1 aromatic carbocycles. The molecule has 118 valence electrons. The van der Waals surface area contributed by atoms with Crippen molar-refractivity contribution in [3.05, 3.63) is 36.4 Å².